The van der Waals surface area contributed by atoms with Gasteiger partial charge in [-0.3, -0.25) is 0 Å². The van der Waals surface area contributed by atoms with E-state index < -0.39 is 36.5 Å². The summed E-state index contributed by atoms with van der Waals surface area (Å²) in [5, 5.41) is 1.39. The standard InChI is InChI=1S/C25H30ClN3O6/c1-16(2)34-24(31)28-29(25(32)35-17(3)4)18(5)22(20-11-13-21(26)14-12-20)27-23(30)33-15-19-9-7-6-8-10-19/h6-14,16-18H,15H2,1-5H3,(H,28,31)/b27-22-/t18-/m1/s1. The molecule has 2 aromatic carbocycles. The molecule has 0 unspecified atom stereocenters. The smallest absolute Gasteiger partial charge is 0.434 e. The van der Waals surface area contributed by atoms with Crippen LogP contribution in [0.3, 0.4) is 0 Å². The van der Waals surface area contributed by atoms with Gasteiger partial charge in [0.15, 0.2) is 0 Å². The van der Waals surface area contributed by atoms with Gasteiger partial charge in [-0.05, 0) is 57.9 Å². The number of hydrazine groups is 1. The monoisotopic (exact) mass is 503 g/mol. The van der Waals surface area contributed by atoms with Gasteiger partial charge in [0.25, 0.3) is 0 Å². The zero-order chi connectivity index (χ0) is 26.0. The molecule has 0 aliphatic carbocycles. The van der Waals surface area contributed by atoms with Crippen molar-refractivity contribution in [2.75, 3.05) is 0 Å². The Labute approximate surface area is 210 Å². The van der Waals surface area contributed by atoms with Crippen LogP contribution in [0.15, 0.2) is 59.6 Å². The number of nitrogens with zero attached hydrogens (tertiary/aromatic N) is 2. The van der Waals surface area contributed by atoms with Crippen LogP contribution in [-0.2, 0) is 20.8 Å². The molecule has 2 rings (SSSR count). The summed E-state index contributed by atoms with van der Waals surface area (Å²) in [5.74, 6) is 0. The zero-order valence-electron chi connectivity index (χ0n) is 20.4. The molecule has 0 fully saturated rings. The van der Waals surface area contributed by atoms with Crippen LogP contribution in [0.1, 0.15) is 45.7 Å². The zero-order valence-corrected chi connectivity index (χ0v) is 21.1. The van der Waals surface area contributed by atoms with Crippen LogP contribution in [0.25, 0.3) is 0 Å². The molecule has 3 amide bonds. The predicted octanol–water partition coefficient (Wildman–Crippen LogP) is 5.75. The number of ether oxygens (including phenoxy) is 3. The maximum atomic E-state index is 12.8. The fourth-order valence-electron chi connectivity index (χ4n) is 2.89. The van der Waals surface area contributed by atoms with Gasteiger partial charge in [-0.25, -0.2) is 24.8 Å². The Morgan fingerprint density at radius 2 is 1.51 bits per heavy atom. The lowest BCUT2D eigenvalue weighted by Crippen LogP contribution is -2.55. The number of benzene rings is 2. The fraction of sp³-hybridized carbons (Fsp3) is 0.360. The number of nitrogens with one attached hydrogen (secondary N) is 1. The third-order valence-corrected chi connectivity index (χ3v) is 4.68. The molecule has 0 aliphatic heterocycles. The van der Waals surface area contributed by atoms with Crippen LogP contribution in [0, 0.1) is 0 Å². The van der Waals surface area contributed by atoms with Crippen molar-refractivity contribution in [2.45, 2.75) is 59.5 Å². The second kappa shape index (κ2) is 13.3. The summed E-state index contributed by atoms with van der Waals surface area (Å²) in [7, 11) is 0. The van der Waals surface area contributed by atoms with E-state index >= 15 is 0 Å². The first-order valence-corrected chi connectivity index (χ1v) is 11.5. The largest absolute Gasteiger partial charge is 0.446 e. The molecule has 0 saturated carbocycles. The Morgan fingerprint density at radius 1 is 0.914 bits per heavy atom. The maximum Gasteiger partial charge on any atom is 0.434 e. The lowest BCUT2D eigenvalue weighted by Gasteiger charge is -2.30. The lowest BCUT2D eigenvalue weighted by molar-refractivity contribution is 0.0426. The molecule has 35 heavy (non-hydrogen) atoms. The molecule has 0 bridgehead atoms. The first kappa shape index (κ1) is 27.7. The minimum absolute atomic E-state index is 0.0174. The summed E-state index contributed by atoms with van der Waals surface area (Å²) >= 11 is 6.02. The number of halogens is 1. The van der Waals surface area contributed by atoms with Gasteiger partial charge in [-0.2, -0.15) is 4.99 Å². The Balaban J connectivity index is 2.38. The number of hydrogen-bond donors (Lipinski definition) is 1. The number of aliphatic imine (C=N–C) groups is 1. The molecule has 9 nitrogen and oxygen atoms in total. The second-order valence-electron chi connectivity index (χ2n) is 8.09. The second-order valence-corrected chi connectivity index (χ2v) is 8.52. The van der Waals surface area contributed by atoms with Gasteiger partial charge in [0.1, 0.15) is 6.61 Å². The molecule has 0 radical (unpaired) electrons. The molecule has 0 spiro atoms. The van der Waals surface area contributed by atoms with Crippen LogP contribution in [0.5, 0.6) is 0 Å². The van der Waals surface area contributed by atoms with Crippen molar-refractivity contribution < 1.29 is 28.6 Å². The van der Waals surface area contributed by atoms with Crippen LogP contribution in [0.4, 0.5) is 14.4 Å². The first-order valence-electron chi connectivity index (χ1n) is 11.1. The highest BCUT2D eigenvalue weighted by molar-refractivity contribution is 6.30. The Hall–Kier alpha value is -3.59. The van der Waals surface area contributed by atoms with Gasteiger partial charge in [0, 0.05) is 5.02 Å². The third-order valence-electron chi connectivity index (χ3n) is 4.43. The quantitative estimate of drug-likeness (QED) is 0.293. The van der Waals surface area contributed by atoms with Crippen molar-refractivity contribution in [3.8, 4) is 0 Å². The number of carbonyl (C=O) groups excluding carboxylic acids is 3. The summed E-state index contributed by atoms with van der Waals surface area (Å²) in [6.07, 6.45) is -3.48. The molecule has 0 saturated heterocycles. The van der Waals surface area contributed by atoms with Gasteiger partial charge in [-0.1, -0.05) is 54.1 Å². The summed E-state index contributed by atoms with van der Waals surface area (Å²) in [6, 6.07) is 14.7. The molecular weight excluding hydrogens is 474 g/mol. The molecular formula is C25H30ClN3O6. The number of rotatable bonds is 7. The summed E-state index contributed by atoms with van der Waals surface area (Å²) in [6.45, 7) is 8.27. The summed E-state index contributed by atoms with van der Waals surface area (Å²) < 4.78 is 15.7. The Kier molecular flexibility index (Phi) is 10.5. The average molecular weight is 504 g/mol. The SMILES string of the molecule is CC(C)OC(=O)NN(C(=O)OC(C)C)[C@H](C)/C(=N/C(=O)OCc1ccccc1)c1ccc(Cl)cc1. The molecule has 1 atom stereocenters. The van der Waals surface area contributed by atoms with Gasteiger partial charge in [-0.15, -0.1) is 0 Å². The van der Waals surface area contributed by atoms with Crippen molar-refractivity contribution in [3.05, 3.63) is 70.7 Å². The Morgan fingerprint density at radius 3 is 2.09 bits per heavy atom. The molecule has 188 valence electrons. The van der Waals surface area contributed by atoms with Gasteiger partial charge >= 0.3 is 18.3 Å². The van der Waals surface area contributed by atoms with Crippen LogP contribution in [-0.4, -0.2) is 47.3 Å². The van der Waals surface area contributed by atoms with Crippen LogP contribution in [0.2, 0.25) is 5.02 Å². The van der Waals surface area contributed by atoms with Gasteiger partial charge < -0.3 is 14.2 Å². The van der Waals surface area contributed by atoms with E-state index in [1.54, 1.807) is 58.9 Å². The van der Waals surface area contributed by atoms with Crippen molar-refractivity contribution in [3.63, 3.8) is 0 Å². The minimum Gasteiger partial charge on any atom is -0.446 e. The van der Waals surface area contributed by atoms with Gasteiger partial charge in [0.2, 0.25) is 0 Å². The van der Waals surface area contributed by atoms with Crippen molar-refractivity contribution in [2.24, 2.45) is 4.99 Å². The van der Waals surface area contributed by atoms with E-state index in [2.05, 4.69) is 10.4 Å². The van der Waals surface area contributed by atoms with E-state index in [1.165, 1.54) is 0 Å². The highest BCUT2D eigenvalue weighted by Gasteiger charge is 2.30. The molecule has 0 heterocycles. The van der Waals surface area contributed by atoms with E-state index in [4.69, 9.17) is 25.8 Å². The first-order chi connectivity index (χ1) is 16.6. The summed E-state index contributed by atoms with van der Waals surface area (Å²) in [5.41, 5.74) is 3.80. The van der Waals surface area contributed by atoms with E-state index in [-0.39, 0.29) is 12.3 Å². The number of amides is 3. The topological polar surface area (TPSA) is 107 Å². The highest BCUT2D eigenvalue weighted by Crippen LogP contribution is 2.16. The molecule has 0 aromatic heterocycles. The van der Waals surface area contributed by atoms with Crippen LogP contribution >= 0.6 is 11.6 Å². The predicted molar refractivity (Wildman–Crippen MR) is 132 cm³/mol. The molecule has 2 aromatic rings. The normalized spacial score (nSPS) is 12.2. The molecule has 10 heteroatoms. The van der Waals surface area contributed by atoms with Crippen molar-refractivity contribution in [1.82, 2.24) is 10.4 Å². The number of carbonyl (C=O) groups is 3. The van der Waals surface area contributed by atoms with E-state index in [0.717, 1.165) is 10.6 Å². The van der Waals surface area contributed by atoms with Gasteiger partial charge in [0.05, 0.1) is 24.0 Å². The Bertz CT molecular complexity index is 1030. The molecule has 1 N–H and O–H groups in total. The van der Waals surface area contributed by atoms with E-state index in [0.29, 0.717) is 10.6 Å². The van der Waals surface area contributed by atoms with E-state index in [1.807, 2.05) is 30.3 Å². The molecule has 0 aliphatic rings. The average Bonchev–Trinajstić information content (AvgIpc) is 2.79. The highest BCUT2D eigenvalue weighted by atomic mass is 35.5. The fourth-order valence-corrected chi connectivity index (χ4v) is 3.02. The lowest BCUT2D eigenvalue weighted by atomic mass is 10.0. The van der Waals surface area contributed by atoms with Crippen LogP contribution < -0.4 is 5.43 Å². The third kappa shape index (κ3) is 9.29. The maximum absolute atomic E-state index is 12.8. The summed E-state index contributed by atoms with van der Waals surface area (Å²) in [4.78, 5) is 41.9. The minimum atomic E-state index is -0.952. The number of hydrogen-bond acceptors (Lipinski definition) is 6. The van der Waals surface area contributed by atoms with Crippen molar-refractivity contribution >= 4 is 35.6 Å². The van der Waals surface area contributed by atoms with Crippen molar-refractivity contribution in [1.29, 1.82) is 0 Å². The van der Waals surface area contributed by atoms with E-state index in [9.17, 15) is 14.4 Å².